The molecule has 0 atom stereocenters. The van der Waals surface area contributed by atoms with E-state index < -0.39 is 0 Å². The molecule has 6 aromatic carbocycles. The van der Waals surface area contributed by atoms with Crippen molar-refractivity contribution in [2.45, 2.75) is 51.9 Å². The van der Waals surface area contributed by atoms with E-state index in [0.29, 0.717) is 0 Å². The molecule has 0 spiro atoms. The SMILES string of the molecule is CCCCCCCCc1cccc(-n2c3ccccc3c3ccc4c5ccccc5n(-c5ccc6ccccc6c5)c4c32)c1. The molecule has 0 aliphatic heterocycles. The van der Waals surface area contributed by atoms with E-state index in [0.717, 1.165) is 6.42 Å². The molecule has 216 valence electrons. The lowest BCUT2D eigenvalue weighted by Crippen LogP contribution is -1.99. The zero-order valence-corrected chi connectivity index (χ0v) is 25.5. The van der Waals surface area contributed by atoms with Crippen LogP contribution in [0.4, 0.5) is 0 Å². The van der Waals surface area contributed by atoms with Gasteiger partial charge in [-0.2, -0.15) is 0 Å². The molecular weight excluding hydrogens is 532 g/mol. The van der Waals surface area contributed by atoms with Crippen molar-refractivity contribution < 1.29 is 0 Å². The Morgan fingerprint density at radius 3 is 1.73 bits per heavy atom. The van der Waals surface area contributed by atoms with E-state index in [2.05, 4.69) is 143 Å². The summed E-state index contributed by atoms with van der Waals surface area (Å²) < 4.78 is 5.02. The first kappa shape index (κ1) is 26.8. The normalized spacial score (nSPS) is 11.9. The van der Waals surface area contributed by atoms with Gasteiger partial charge in [0.1, 0.15) is 0 Å². The van der Waals surface area contributed by atoms with Crippen LogP contribution in [0, 0.1) is 0 Å². The van der Waals surface area contributed by atoms with Crippen LogP contribution in [0.1, 0.15) is 51.0 Å². The van der Waals surface area contributed by atoms with Crippen molar-refractivity contribution in [1.82, 2.24) is 9.13 Å². The van der Waals surface area contributed by atoms with Crippen molar-refractivity contribution in [1.29, 1.82) is 0 Å². The number of hydrogen-bond donors (Lipinski definition) is 0. The summed E-state index contributed by atoms with van der Waals surface area (Å²) in [6, 6.07) is 47.3. The average molecular weight is 571 g/mol. The van der Waals surface area contributed by atoms with Crippen molar-refractivity contribution in [2.24, 2.45) is 0 Å². The summed E-state index contributed by atoms with van der Waals surface area (Å²) in [5.41, 5.74) is 8.87. The van der Waals surface area contributed by atoms with Crippen molar-refractivity contribution in [3.63, 3.8) is 0 Å². The molecular formula is C42H38N2. The number of benzene rings is 6. The van der Waals surface area contributed by atoms with Gasteiger partial charge in [-0.3, -0.25) is 0 Å². The lowest BCUT2D eigenvalue weighted by molar-refractivity contribution is 0.607. The Balaban J connectivity index is 1.38. The van der Waals surface area contributed by atoms with Crippen LogP contribution in [0.5, 0.6) is 0 Å². The molecule has 0 aliphatic carbocycles. The molecule has 0 saturated heterocycles. The molecule has 2 heterocycles. The van der Waals surface area contributed by atoms with Crippen LogP contribution in [-0.4, -0.2) is 9.13 Å². The predicted octanol–water partition coefficient (Wildman–Crippen LogP) is 11.9. The van der Waals surface area contributed by atoms with Gasteiger partial charge >= 0.3 is 0 Å². The molecule has 8 aromatic rings. The minimum absolute atomic E-state index is 1.13. The van der Waals surface area contributed by atoms with Gasteiger partial charge in [-0.05, 0) is 65.6 Å². The number of nitrogens with zero attached hydrogens (tertiary/aromatic N) is 2. The van der Waals surface area contributed by atoms with E-state index in [1.807, 2.05) is 0 Å². The minimum Gasteiger partial charge on any atom is -0.307 e. The van der Waals surface area contributed by atoms with E-state index in [-0.39, 0.29) is 0 Å². The van der Waals surface area contributed by atoms with Crippen LogP contribution in [0.2, 0.25) is 0 Å². The zero-order valence-electron chi connectivity index (χ0n) is 25.5. The number of aryl methyl sites for hydroxylation is 1. The lowest BCUT2D eigenvalue weighted by Gasteiger charge is -2.14. The first-order valence-electron chi connectivity index (χ1n) is 16.4. The third-order valence-corrected chi connectivity index (χ3v) is 9.45. The van der Waals surface area contributed by atoms with Gasteiger partial charge in [0.25, 0.3) is 0 Å². The largest absolute Gasteiger partial charge is 0.307 e. The van der Waals surface area contributed by atoms with Crippen LogP contribution in [0.15, 0.2) is 127 Å². The smallest absolute Gasteiger partial charge is 0.0788 e. The van der Waals surface area contributed by atoms with Gasteiger partial charge in [0.15, 0.2) is 0 Å². The molecule has 0 unspecified atom stereocenters. The number of rotatable bonds is 9. The molecule has 2 heteroatoms. The van der Waals surface area contributed by atoms with Gasteiger partial charge in [-0.15, -0.1) is 0 Å². The molecule has 0 saturated carbocycles. The fourth-order valence-corrected chi connectivity index (χ4v) is 7.31. The van der Waals surface area contributed by atoms with Gasteiger partial charge in [-0.25, -0.2) is 0 Å². The Morgan fingerprint density at radius 1 is 0.432 bits per heavy atom. The van der Waals surface area contributed by atoms with Gasteiger partial charge in [0, 0.05) is 32.9 Å². The number of unbranched alkanes of at least 4 members (excludes halogenated alkanes) is 5. The highest BCUT2D eigenvalue weighted by Gasteiger charge is 2.21. The summed E-state index contributed by atoms with van der Waals surface area (Å²) >= 11 is 0. The second-order valence-corrected chi connectivity index (χ2v) is 12.3. The molecule has 2 nitrogen and oxygen atoms in total. The molecule has 0 N–H and O–H groups in total. The third kappa shape index (κ3) is 4.48. The van der Waals surface area contributed by atoms with Crippen molar-refractivity contribution in [2.75, 3.05) is 0 Å². The molecule has 0 fully saturated rings. The van der Waals surface area contributed by atoms with Crippen molar-refractivity contribution in [3.8, 4) is 11.4 Å². The van der Waals surface area contributed by atoms with Crippen LogP contribution >= 0.6 is 0 Å². The maximum absolute atomic E-state index is 2.52. The molecule has 0 amide bonds. The molecule has 0 bridgehead atoms. The Bertz CT molecular complexity index is 2280. The van der Waals surface area contributed by atoms with Crippen LogP contribution in [-0.2, 0) is 6.42 Å². The molecule has 0 radical (unpaired) electrons. The molecule has 44 heavy (non-hydrogen) atoms. The molecule has 0 aliphatic rings. The summed E-state index contributed by atoms with van der Waals surface area (Å²) in [6.45, 7) is 2.29. The molecule has 8 rings (SSSR count). The number of fused-ring (bicyclic) bond motifs is 8. The van der Waals surface area contributed by atoms with Gasteiger partial charge in [-0.1, -0.05) is 130 Å². The zero-order chi connectivity index (χ0) is 29.5. The highest BCUT2D eigenvalue weighted by molar-refractivity contribution is 6.23. The van der Waals surface area contributed by atoms with E-state index >= 15 is 0 Å². The Hall–Kier alpha value is -4.82. The summed E-state index contributed by atoms with van der Waals surface area (Å²) in [6.07, 6.45) is 9.05. The van der Waals surface area contributed by atoms with Gasteiger partial charge in [0.2, 0.25) is 0 Å². The van der Waals surface area contributed by atoms with Crippen LogP contribution < -0.4 is 0 Å². The van der Waals surface area contributed by atoms with E-state index in [9.17, 15) is 0 Å². The summed E-state index contributed by atoms with van der Waals surface area (Å²) in [7, 11) is 0. The van der Waals surface area contributed by atoms with Crippen LogP contribution in [0.25, 0.3) is 65.8 Å². The second kappa shape index (κ2) is 11.4. The Morgan fingerprint density at radius 2 is 1.02 bits per heavy atom. The number of para-hydroxylation sites is 2. The topological polar surface area (TPSA) is 9.86 Å². The maximum Gasteiger partial charge on any atom is 0.0788 e. The number of aromatic nitrogens is 2. The quantitative estimate of drug-likeness (QED) is 0.153. The highest BCUT2D eigenvalue weighted by Crippen LogP contribution is 2.42. The molecule has 2 aromatic heterocycles. The number of hydrogen-bond acceptors (Lipinski definition) is 0. The first-order chi connectivity index (χ1) is 21.8. The predicted molar refractivity (Wildman–Crippen MR) is 190 cm³/mol. The van der Waals surface area contributed by atoms with E-state index in [1.54, 1.807) is 0 Å². The first-order valence-corrected chi connectivity index (χ1v) is 16.4. The minimum atomic E-state index is 1.13. The van der Waals surface area contributed by atoms with E-state index in [4.69, 9.17) is 0 Å². The average Bonchev–Trinajstić information content (AvgIpc) is 3.59. The highest BCUT2D eigenvalue weighted by atomic mass is 15.0. The van der Waals surface area contributed by atoms with E-state index in [1.165, 1.54) is 110 Å². The Labute approximate surface area is 259 Å². The monoisotopic (exact) mass is 570 g/mol. The van der Waals surface area contributed by atoms with Gasteiger partial charge in [0.05, 0.1) is 22.1 Å². The third-order valence-electron chi connectivity index (χ3n) is 9.45. The lowest BCUT2D eigenvalue weighted by atomic mass is 10.0. The second-order valence-electron chi connectivity index (χ2n) is 12.3. The Kier molecular flexibility index (Phi) is 6.91. The summed E-state index contributed by atoms with van der Waals surface area (Å²) in [5, 5.41) is 7.67. The summed E-state index contributed by atoms with van der Waals surface area (Å²) in [5.74, 6) is 0. The fourth-order valence-electron chi connectivity index (χ4n) is 7.31. The fraction of sp³-hybridized carbons (Fsp3) is 0.190. The van der Waals surface area contributed by atoms with Crippen molar-refractivity contribution in [3.05, 3.63) is 133 Å². The van der Waals surface area contributed by atoms with Crippen LogP contribution in [0.3, 0.4) is 0 Å². The van der Waals surface area contributed by atoms with Crippen molar-refractivity contribution >= 4 is 54.4 Å². The summed E-state index contributed by atoms with van der Waals surface area (Å²) in [4.78, 5) is 0. The van der Waals surface area contributed by atoms with Gasteiger partial charge < -0.3 is 9.13 Å². The standard InChI is InChI=1S/C42H38N2/c1-2-3-4-5-6-7-15-30-16-14-19-33(28-30)43-39-22-12-10-20-35(39)37-26-27-38-36-21-11-13-23-40(36)44(42(38)41(37)43)34-25-24-31-17-8-9-18-32(31)29-34/h8-14,16-29H,2-7,15H2,1H3. The maximum atomic E-state index is 2.52.